The first-order chi connectivity index (χ1) is 9.17. The Balaban J connectivity index is 2.42. The molecule has 3 nitrogen and oxygen atoms in total. The van der Waals surface area contributed by atoms with Gasteiger partial charge in [-0.25, -0.2) is 0 Å². The number of hydrogen-bond donors (Lipinski definition) is 1. The summed E-state index contributed by atoms with van der Waals surface area (Å²) in [6.07, 6.45) is 1.16. The van der Waals surface area contributed by atoms with E-state index in [0.717, 1.165) is 38.3 Å². The number of rotatable bonds is 9. The minimum atomic E-state index is 0.872. The topological polar surface area (TPSA) is 24.5 Å². The molecule has 0 amide bonds. The molecular weight excluding hydrogens is 236 g/mol. The zero-order chi connectivity index (χ0) is 14.1. The van der Waals surface area contributed by atoms with E-state index in [2.05, 4.69) is 36.8 Å². The maximum atomic E-state index is 5.37. The highest BCUT2D eigenvalue weighted by Gasteiger charge is 2.06. The highest BCUT2D eigenvalue weighted by Crippen LogP contribution is 2.18. The van der Waals surface area contributed by atoms with Crippen molar-refractivity contribution in [1.82, 2.24) is 10.2 Å². The summed E-state index contributed by atoms with van der Waals surface area (Å²) in [6.45, 7) is 10.00. The number of methoxy groups -OCH3 is 1. The SMILES string of the molecule is C=C(CNCCC)CN(C)Cc1ccccc1OC. The molecule has 0 spiro atoms. The summed E-state index contributed by atoms with van der Waals surface area (Å²) in [5.41, 5.74) is 2.42. The number of nitrogens with zero attached hydrogens (tertiary/aromatic N) is 1. The highest BCUT2D eigenvalue weighted by atomic mass is 16.5. The van der Waals surface area contributed by atoms with Gasteiger partial charge in [-0.1, -0.05) is 31.7 Å². The minimum Gasteiger partial charge on any atom is -0.496 e. The van der Waals surface area contributed by atoms with Crippen molar-refractivity contribution in [2.45, 2.75) is 19.9 Å². The van der Waals surface area contributed by atoms with E-state index in [4.69, 9.17) is 4.74 Å². The van der Waals surface area contributed by atoms with Crippen LogP contribution in [-0.4, -0.2) is 38.7 Å². The standard InChI is InChI=1S/C16H26N2O/c1-5-10-17-11-14(2)12-18(3)13-15-8-6-7-9-16(15)19-4/h6-9,17H,2,5,10-13H2,1,3-4H3. The van der Waals surface area contributed by atoms with E-state index in [1.165, 1.54) is 11.1 Å². The fourth-order valence-corrected chi connectivity index (χ4v) is 2.06. The molecule has 0 atom stereocenters. The van der Waals surface area contributed by atoms with Crippen LogP contribution in [0.4, 0.5) is 0 Å². The average Bonchev–Trinajstić information content (AvgIpc) is 2.39. The lowest BCUT2D eigenvalue weighted by Crippen LogP contribution is -2.26. The quantitative estimate of drug-likeness (QED) is 0.547. The molecular formula is C16H26N2O. The molecule has 0 aliphatic carbocycles. The largest absolute Gasteiger partial charge is 0.496 e. The van der Waals surface area contributed by atoms with Crippen molar-refractivity contribution >= 4 is 0 Å². The third kappa shape index (κ3) is 5.90. The molecule has 0 aromatic heterocycles. The molecule has 0 fully saturated rings. The number of para-hydroxylation sites is 1. The van der Waals surface area contributed by atoms with Crippen LogP contribution in [0.2, 0.25) is 0 Å². The van der Waals surface area contributed by atoms with Gasteiger partial charge < -0.3 is 10.1 Å². The second kappa shape index (κ2) is 8.73. The Kier molecular flexibility index (Phi) is 7.23. The van der Waals surface area contributed by atoms with Crippen LogP contribution in [0.5, 0.6) is 5.75 Å². The zero-order valence-electron chi connectivity index (χ0n) is 12.4. The van der Waals surface area contributed by atoms with E-state index < -0.39 is 0 Å². The van der Waals surface area contributed by atoms with Gasteiger partial charge in [-0.2, -0.15) is 0 Å². The molecule has 1 aromatic carbocycles. The monoisotopic (exact) mass is 262 g/mol. The Morgan fingerprint density at radius 3 is 2.79 bits per heavy atom. The predicted octanol–water partition coefficient (Wildman–Crippen LogP) is 2.68. The zero-order valence-corrected chi connectivity index (χ0v) is 12.4. The van der Waals surface area contributed by atoms with E-state index in [1.54, 1.807) is 7.11 Å². The summed E-state index contributed by atoms with van der Waals surface area (Å²) in [5.74, 6) is 0.948. The van der Waals surface area contributed by atoms with Crippen LogP contribution in [0.3, 0.4) is 0 Å². The van der Waals surface area contributed by atoms with Crippen LogP contribution in [0.25, 0.3) is 0 Å². The van der Waals surface area contributed by atoms with Crippen LogP contribution in [0.15, 0.2) is 36.4 Å². The molecule has 0 heterocycles. The second-order valence-electron chi connectivity index (χ2n) is 4.91. The van der Waals surface area contributed by atoms with Crippen molar-refractivity contribution in [2.75, 3.05) is 33.8 Å². The number of hydrogen-bond acceptors (Lipinski definition) is 3. The van der Waals surface area contributed by atoms with Crippen LogP contribution in [0, 0.1) is 0 Å². The first kappa shape index (κ1) is 15.7. The normalized spacial score (nSPS) is 10.7. The summed E-state index contributed by atoms with van der Waals surface area (Å²) < 4.78 is 5.37. The lowest BCUT2D eigenvalue weighted by Gasteiger charge is -2.19. The van der Waals surface area contributed by atoms with Gasteiger partial charge in [-0.3, -0.25) is 4.90 Å². The van der Waals surface area contributed by atoms with Crippen molar-refractivity contribution < 1.29 is 4.74 Å². The van der Waals surface area contributed by atoms with Gasteiger partial charge in [-0.05, 0) is 31.7 Å². The van der Waals surface area contributed by atoms with Crippen LogP contribution in [-0.2, 0) is 6.54 Å². The minimum absolute atomic E-state index is 0.872. The lowest BCUT2D eigenvalue weighted by molar-refractivity contribution is 0.338. The molecule has 0 unspecified atom stereocenters. The van der Waals surface area contributed by atoms with Gasteiger partial charge in [0.1, 0.15) is 5.75 Å². The van der Waals surface area contributed by atoms with Crippen molar-refractivity contribution in [1.29, 1.82) is 0 Å². The predicted molar refractivity (Wildman–Crippen MR) is 81.6 cm³/mol. The van der Waals surface area contributed by atoms with Gasteiger partial charge in [0.25, 0.3) is 0 Å². The lowest BCUT2D eigenvalue weighted by atomic mass is 10.2. The fourth-order valence-electron chi connectivity index (χ4n) is 2.06. The Labute approximate surface area is 117 Å². The molecule has 0 aliphatic heterocycles. The van der Waals surface area contributed by atoms with Gasteiger partial charge >= 0.3 is 0 Å². The number of nitrogens with one attached hydrogen (secondary N) is 1. The summed E-state index contributed by atoms with van der Waals surface area (Å²) in [6, 6.07) is 8.15. The molecule has 3 heteroatoms. The summed E-state index contributed by atoms with van der Waals surface area (Å²) in [5, 5.41) is 3.38. The summed E-state index contributed by atoms with van der Waals surface area (Å²) in [7, 11) is 3.82. The van der Waals surface area contributed by atoms with Crippen LogP contribution in [0.1, 0.15) is 18.9 Å². The molecule has 1 N–H and O–H groups in total. The van der Waals surface area contributed by atoms with Crippen molar-refractivity contribution in [3.8, 4) is 5.75 Å². The second-order valence-corrected chi connectivity index (χ2v) is 4.91. The van der Waals surface area contributed by atoms with Crippen LogP contribution < -0.4 is 10.1 Å². The van der Waals surface area contributed by atoms with Gasteiger partial charge in [0, 0.05) is 25.2 Å². The average molecular weight is 262 g/mol. The van der Waals surface area contributed by atoms with E-state index >= 15 is 0 Å². The van der Waals surface area contributed by atoms with Crippen LogP contribution >= 0.6 is 0 Å². The van der Waals surface area contributed by atoms with Crippen molar-refractivity contribution in [2.24, 2.45) is 0 Å². The molecule has 106 valence electrons. The fraction of sp³-hybridized carbons (Fsp3) is 0.500. The third-order valence-electron chi connectivity index (χ3n) is 2.93. The highest BCUT2D eigenvalue weighted by molar-refractivity contribution is 5.33. The molecule has 0 saturated heterocycles. The molecule has 1 rings (SSSR count). The van der Waals surface area contributed by atoms with E-state index in [-0.39, 0.29) is 0 Å². The van der Waals surface area contributed by atoms with Gasteiger partial charge in [-0.15, -0.1) is 0 Å². The molecule has 0 radical (unpaired) electrons. The van der Waals surface area contributed by atoms with Gasteiger partial charge in [0.15, 0.2) is 0 Å². The summed E-state index contributed by atoms with van der Waals surface area (Å²) in [4.78, 5) is 2.26. The number of likely N-dealkylation sites (N-methyl/N-ethyl adjacent to an activating group) is 1. The Morgan fingerprint density at radius 2 is 2.11 bits per heavy atom. The smallest absolute Gasteiger partial charge is 0.123 e. The third-order valence-corrected chi connectivity index (χ3v) is 2.93. The van der Waals surface area contributed by atoms with E-state index in [1.807, 2.05) is 18.2 Å². The molecule has 19 heavy (non-hydrogen) atoms. The summed E-state index contributed by atoms with van der Waals surface area (Å²) >= 11 is 0. The van der Waals surface area contributed by atoms with Crippen molar-refractivity contribution in [3.63, 3.8) is 0 Å². The maximum Gasteiger partial charge on any atom is 0.123 e. The van der Waals surface area contributed by atoms with Gasteiger partial charge in [0.05, 0.1) is 7.11 Å². The Hall–Kier alpha value is -1.32. The maximum absolute atomic E-state index is 5.37. The van der Waals surface area contributed by atoms with Crippen molar-refractivity contribution in [3.05, 3.63) is 42.0 Å². The van der Waals surface area contributed by atoms with E-state index in [0.29, 0.717) is 0 Å². The van der Waals surface area contributed by atoms with E-state index in [9.17, 15) is 0 Å². The molecule has 0 bridgehead atoms. The number of ether oxygens (including phenoxy) is 1. The molecule has 0 aliphatic rings. The first-order valence-electron chi connectivity index (χ1n) is 6.85. The Morgan fingerprint density at radius 1 is 1.37 bits per heavy atom. The number of benzene rings is 1. The Bertz CT molecular complexity index is 390. The molecule has 0 saturated carbocycles. The first-order valence-corrected chi connectivity index (χ1v) is 6.85. The molecule has 1 aromatic rings. The van der Waals surface area contributed by atoms with Gasteiger partial charge in [0.2, 0.25) is 0 Å².